The van der Waals surface area contributed by atoms with Gasteiger partial charge in [0, 0.05) is 5.57 Å². The van der Waals surface area contributed by atoms with Crippen LogP contribution in [0, 0.1) is 0 Å². The van der Waals surface area contributed by atoms with Gasteiger partial charge < -0.3 is 14.8 Å². The third-order valence-electron chi connectivity index (χ3n) is 3.75. The normalized spacial score (nSPS) is 11.1. The second-order valence-corrected chi connectivity index (χ2v) is 5.75. The molecule has 0 bridgehead atoms. The molecule has 0 atom stereocenters. The van der Waals surface area contributed by atoms with E-state index in [-0.39, 0.29) is 5.91 Å². The molecule has 0 aliphatic carbocycles. The number of ether oxygens (including phenoxy) is 2. The van der Waals surface area contributed by atoms with E-state index in [0.717, 1.165) is 24.2 Å². The summed E-state index contributed by atoms with van der Waals surface area (Å²) in [4.78, 5) is 12.5. The third kappa shape index (κ3) is 5.68. The summed E-state index contributed by atoms with van der Waals surface area (Å²) in [7, 11) is 1.63. The summed E-state index contributed by atoms with van der Waals surface area (Å²) in [5.74, 6) is 1.33. The van der Waals surface area contributed by atoms with Crippen LogP contribution in [-0.2, 0) is 4.79 Å². The lowest BCUT2D eigenvalue weighted by Gasteiger charge is -2.12. The van der Waals surface area contributed by atoms with Gasteiger partial charge in [-0.15, -0.1) is 0 Å². The Kier molecular flexibility index (Phi) is 7.08. The number of benzene rings is 2. The van der Waals surface area contributed by atoms with Gasteiger partial charge in [0.05, 0.1) is 19.4 Å². The average Bonchev–Trinajstić information content (AvgIpc) is 2.64. The Morgan fingerprint density at radius 1 is 1.12 bits per heavy atom. The number of methoxy groups -OCH3 is 1. The Hall–Kier alpha value is -2.75. The number of hydrogen-bond acceptors (Lipinski definition) is 3. The van der Waals surface area contributed by atoms with Gasteiger partial charge in [0.15, 0.2) is 0 Å². The Labute approximate surface area is 149 Å². The number of hydrogen-bond donors (Lipinski definition) is 1. The fourth-order valence-corrected chi connectivity index (χ4v) is 2.26. The number of nitrogens with one attached hydrogen (secondary N) is 1. The maximum Gasteiger partial charge on any atom is 0.251 e. The first-order chi connectivity index (χ1) is 12.1. The average molecular weight is 339 g/mol. The number of carbonyl (C=O) groups excluding carboxylic acids is 1. The topological polar surface area (TPSA) is 47.6 Å². The number of amides is 1. The summed E-state index contributed by atoms with van der Waals surface area (Å²) in [5, 5.41) is 2.92. The highest BCUT2D eigenvalue weighted by Gasteiger charge is 2.09. The van der Waals surface area contributed by atoms with Crippen LogP contribution < -0.4 is 14.8 Å². The van der Waals surface area contributed by atoms with Crippen LogP contribution in [0.25, 0.3) is 6.08 Å². The van der Waals surface area contributed by atoms with Gasteiger partial charge in [-0.2, -0.15) is 0 Å². The van der Waals surface area contributed by atoms with Crippen LogP contribution in [-0.4, -0.2) is 19.6 Å². The van der Waals surface area contributed by atoms with Crippen LogP contribution in [0.3, 0.4) is 0 Å². The number of rotatable bonds is 8. The standard InChI is InChI=1S/C21H25NO3/c1-4-5-14-25-20-9-7-6-8-19(20)22-21(23)16(2)15-17-10-12-18(24-3)13-11-17/h6-13,15H,4-5,14H2,1-3H3,(H,22,23)/b16-15+. The van der Waals surface area contributed by atoms with E-state index in [4.69, 9.17) is 9.47 Å². The molecule has 0 saturated carbocycles. The molecule has 2 rings (SSSR count). The Morgan fingerprint density at radius 2 is 1.84 bits per heavy atom. The van der Waals surface area contributed by atoms with Gasteiger partial charge in [0.25, 0.3) is 5.91 Å². The molecule has 25 heavy (non-hydrogen) atoms. The van der Waals surface area contributed by atoms with E-state index in [1.54, 1.807) is 14.0 Å². The summed E-state index contributed by atoms with van der Waals surface area (Å²) in [6.45, 7) is 4.55. The minimum Gasteiger partial charge on any atom is -0.497 e. The quantitative estimate of drug-likeness (QED) is 0.549. The van der Waals surface area contributed by atoms with Crippen molar-refractivity contribution in [1.82, 2.24) is 0 Å². The first-order valence-corrected chi connectivity index (χ1v) is 8.49. The van der Waals surface area contributed by atoms with E-state index in [2.05, 4.69) is 12.2 Å². The van der Waals surface area contributed by atoms with Gasteiger partial charge in [-0.05, 0) is 49.2 Å². The van der Waals surface area contributed by atoms with Crippen molar-refractivity contribution in [3.8, 4) is 11.5 Å². The summed E-state index contributed by atoms with van der Waals surface area (Å²) >= 11 is 0. The minimum atomic E-state index is -0.151. The lowest BCUT2D eigenvalue weighted by Crippen LogP contribution is -2.13. The summed E-state index contributed by atoms with van der Waals surface area (Å²) in [6.07, 6.45) is 3.90. The van der Waals surface area contributed by atoms with Crippen LogP contribution in [0.5, 0.6) is 11.5 Å². The number of para-hydroxylation sites is 2. The molecule has 4 heteroatoms. The van der Waals surface area contributed by atoms with Crippen molar-refractivity contribution in [2.75, 3.05) is 19.0 Å². The fourth-order valence-electron chi connectivity index (χ4n) is 2.26. The first kappa shape index (κ1) is 18.6. The monoisotopic (exact) mass is 339 g/mol. The molecule has 1 N–H and O–H groups in total. The molecule has 1 amide bonds. The van der Waals surface area contributed by atoms with Crippen molar-refractivity contribution in [1.29, 1.82) is 0 Å². The van der Waals surface area contributed by atoms with Gasteiger partial charge in [0.2, 0.25) is 0 Å². The van der Waals surface area contributed by atoms with E-state index >= 15 is 0 Å². The highest BCUT2D eigenvalue weighted by atomic mass is 16.5. The highest BCUT2D eigenvalue weighted by Crippen LogP contribution is 2.25. The second kappa shape index (κ2) is 9.52. The van der Waals surface area contributed by atoms with Crippen LogP contribution in [0.15, 0.2) is 54.1 Å². The summed E-state index contributed by atoms with van der Waals surface area (Å²) in [5.41, 5.74) is 2.25. The molecule has 0 aliphatic heterocycles. The molecule has 0 heterocycles. The molecule has 0 unspecified atom stereocenters. The van der Waals surface area contributed by atoms with Crippen molar-refractivity contribution in [3.63, 3.8) is 0 Å². The van der Waals surface area contributed by atoms with Crippen molar-refractivity contribution in [2.24, 2.45) is 0 Å². The van der Waals surface area contributed by atoms with Gasteiger partial charge in [-0.3, -0.25) is 4.79 Å². The number of unbranched alkanes of at least 4 members (excludes halogenated alkanes) is 1. The molecular weight excluding hydrogens is 314 g/mol. The Balaban J connectivity index is 2.06. The maximum absolute atomic E-state index is 12.5. The zero-order chi connectivity index (χ0) is 18.1. The van der Waals surface area contributed by atoms with Gasteiger partial charge in [-0.25, -0.2) is 0 Å². The van der Waals surface area contributed by atoms with E-state index in [0.29, 0.717) is 23.6 Å². The van der Waals surface area contributed by atoms with E-state index in [1.807, 2.05) is 54.6 Å². The second-order valence-electron chi connectivity index (χ2n) is 5.75. The Bertz CT molecular complexity index is 720. The molecule has 0 spiro atoms. The summed E-state index contributed by atoms with van der Waals surface area (Å²) < 4.78 is 10.9. The van der Waals surface area contributed by atoms with Crippen molar-refractivity contribution < 1.29 is 14.3 Å². The van der Waals surface area contributed by atoms with Gasteiger partial charge in [0.1, 0.15) is 11.5 Å². The number of anilines is 1. The number of carbonyl (C=O) groups is 1. The van der Waals surface area contributed by atoms with Crippen molar-refractivity contribution >= 4 is 17.7 Å². The fraction of sp³-hybridized carbons (Fsp3) is 0.286. The third-order valence-corrected chi connectivity index (χ3v) is 3.75. The molecule has 4 nitrogen and oxygen atoms in total. The van der Waals surface area contributed by atoms with E-state index in [9.17, 15) is 4.79 Å². The lowest BCUT2D eigenvalue weighted by atomic mass is 10.1. The maximum atomic E-state index is 12.5. The summed E-state index contributed by atoms with van der Waals surface area (Å²) in [6, 6.07) is 15.1. The molecule has 0 radical (unpaired) electrons. The van der Waals surface area contributed by atoms with Crippen molar-refractivity contribution in [3.05, 3.63) is 59.7 Å². The van der Waals surface area contributed by atoms with Crippen molar-refractivity contribution in [2.45, 2.75) is 26.7 Å². The van der Waals surface area contributed by atoms with E-state index < -0.39 is 0 Å². The zero-order valence-electron chi connectivity index (χ0n) is 15.0. The predicted molar refractivity (Wildman–Crippen MR) is 102 cm³/mol. The molecule has 0 aromatic heterocycles. The molecule has 2 aromatic rings. The Morgan fingerprint density at radius 3 is 2.52 bits per heavy atom. The SMILES string of the molecule is CCCCOc1ccccc1NC(=O)/C(C)=C/c1ccc(OC)cc1. The van der Waals surface area contributed by atoms with Gasteiger partial charge in [-0.1, -0.05) is 37.6 Å². The predicted octanol–water partition coefficient (Wildman–Crippen LogP) is 4.92. The van der Waals surface area contributed by atoms with Crippen LogP contribution in [0.1, 0.15) is 32.3 Å². The molecule has 2 aromatic carbocycles. The smallest absolute Gasteiger partial charge is 0.251 e. The molecule has 132 valence electrons. The molecule has 0 saturated heterocycles. The lowest BCUT2D eigenvalue weighted by molar-refractivity contribution is -0.112. The van der Waals surface area contributed by atoms with Crippen LogP contribution >= 0.6 is 0 Å². The molecule has 0 fully saturated rings. The zero-order valence-corrected chi connectivity index (χ0v) is 15.0. The molecular formula is C21H25NO3. The minimum absolute atomic E-state index is 0.151. The van der Waals surface area contributed by atoms with Crippen LogP contribution in [0.4, 0.5) is 5.69 Å². The van der Waals surface area contributed by atoms with Crippen LogP contribution in [0.2, 0.25) is 0 Å². The highest BCUT2D eigenvalue weighted by molar-refractivity contribution is 6.06. The van der Waals surface area contributed by atoms with E-state index in [1.165, 1.54) is 0 Å². The molecule has 0 aliphatic rings. The largest absolute Gasteiger partial charge is 0.497 e. The first-order valence-electron chi connectivity index (χ1n) is 8.49. The van der Waals surface area contributed by atoms with Gasteiger partial charge >= 0.3 is 0 Å².